The molecule has 2 rings (SSSR count). The van der Waals surface area contributed by atoms with Crippen molar-refractivity contribution in [1.29, 1.82) is 0 Å². The van der Waals surface area contributed by atoms with Gasteiger partial charge >= 0.3 is 0 Å². The second kappa shape index (κ2) is 12.4. The van der Waals surface area contributed by atoms with Gasteiger partial charge in [-0.25, -0.2) is 0 Å². The molecule has 1 heterocycles. The first-order chi connectivity index (χ1) is 12.9. The molecule has 0 amide bonds. The smallest absolute Gasteiger partial charge is 0.191 e. The Morgan fingerprint density at radius 1 is 1.21 bits per heavy atom. The summed E-state index contributed by atoms with van der Waals surface area (Å²) in [5, 5.41) is 11.4. The van der Waals surface area contributed by atoms with Crippen molar-refractivity contribution in [2.75, 3.05) is 18.8 Å². The van der Waals surface area contributed by atoms with Crippen LogP contribution in [0, 0.1) is 20.8 Å². The molecule has 1 atom stereocenters. The van der Waals surface area contributed by atoms with E-state index in [9.17, 15) is 0 Å². The van der Waals surface area contributed by atoms with Crippen LogP contribution in [0.3, 0.4) is 0 Å². The maximum absolute atomic E-state index is 4.73. The summed E-state index contributed by atoms with van der Waals surface area (Å²) in [7, 11) is 2.00. The third-order valence-electron chi connectivity index (χ3n) is 4.55. The molecule has 156 valence electrons. The molecule has 0 radical (unpaired) electrons. The first kappa shape index (κ1) is 24.8. The van der Waals surface area contributed by atoms with Crippen LogP contribution in [0.2, 0.25) is 0 Å². The van der Waals surface area contributed by atoms with E-state index in [0.717, 1.165) is 36.9 Å². The van der Waals surface area contributed by atoms with Gasteiger partial charge in [0.25, 0.3) is 0 Å². The summed E-state index contributed by atoms with van der Waals surface area (Å²) in [5.41, 5.74) is 4.96. The fraction of sp³-hybridized carbons (Fsp3) is 0.524. The van der Waals surface area contributed by atoms with Gasteiger partial charge in [-0.2, -0.15) is 5.10 Å². The van der Waals surface area contributed by atoms with Crippen LogP contribution in [0.15, 0.2) is 34.2 Å². The third kappa shape index (κ3) is 7.66. The van der Waals surface area contributed by atoms with Gasteiger partial charge in [-0.1, -0.05) is 17.7 Å². The van der Waals surface area contributed by atoms with E-state index in [1.165, 1.54) is 21.7 Å². The molecule has 0 spiro atoms. The van der Waals surface area contributed by atoms with Crippen LogP contribution in [0.25, 0.3) is 0 Å². The zero-order valence-corrected chi connectivity index (χ0v) is 21.0. The van der Waals surface area contributed by atoms with E-state index in [1.54, 1.807) is 0 Å². The Morgan fingerprint density at radius 2 is 1.89 bits per heavy atom. The zero-order valence-electron chi connectivity index (χ0n) is 17.9. The molecule has 0 saturated carbocycles. The average molecular weight is 516 g/mol. The molecule has 1 aromatic carbocycles. The minimum Gasteiger partial charge on any atom is -0.357 e. The number of aryl methyl sites for hydroxylation is 3. The molecule has 2 aromatic rings. The van der Waals surface area contributed by atoms with Crippen LogP contribution in [-0.4, -0.2) is 40.6 Å². The third-order valence-corrected chi connectivity index (χ3v) is 5.54. The molecule has 0 saturated heterocycles. The molecule has 2 N–H and O–H groups in total. The number of thioether (sulfide) groups is 1. The number of halogens is 1. The molecule has 0 bridgehead atoms. The SMILES string of the molecule is CCNC(=NCCSc1ccc(C)cc1)NC(C)Cc1c(C)nn(C)c1C.I. The van der Waals surface area contributed by atoms with Gasteiger partial charge in [0.05, 0.1) is 12.2 Å². The van der Waals surface area contributed by atoms with Crippen molar-refractivity contribution in [3.8, 4) is 0 Å². The van der Waals surface area contributed by atoms with Crippen LogP contribution in [0.1, 0.15) is 36.4 Å². The van der Waals surface area contributed by atoms with Crippen LogP contribution in [0.4, 0.5) is 0 Å². The summed E-state index contributed by atoms with van der Waals surface area (Å²) in [6.07, 6.45) is 0.939. The van der Waals surface area contributed by atoms with E-state index in [4.69, 9.17) is 4.99 Å². The Bertz CT molecular complexity index is 755. The van der Waals surface area contributed by atoms with E-state index in [2.05, 4.69) is 74.6 Å². The summed E-state index contributed by atoms with van der Waals surface area (Å²) in [6.45, 7) is 12.3. The summed E-state index contributed by atoms with van der Waals surface area (Å²) < 4.78 is 1.96. The van der Waals surface area contributed by atoms with Crippen molar-refractivity contribution in [3.63, 3.8) is 0 Å². The average Bonchev–Trinajstić information content (AvgIpc) is 2.86. The van der Waals surface area contributed by atoms with Crippen molar-refractivity contribution in [2.45, 2.75) is 52.0 Å². The molecule has 0 aliphatic heterocycles. The fourth-order valence-corrected chi connectivity index (χ4v) is 3.73. The quantitative estimate of drug-likeness (QED) is 0.182. The maximum atomic E-state index is 4.73. The van der Waals surface area contributed by atoms with Gasteiger partial charge in [-0.05, 0) is 58.7 Å². The highest BCUT2D eigenvalue weighted by molar-refractivity contribution is 14.0. The molecule has 1 aromatic heterocycles. The lowest BCUT2D eigenvalue weighted by Crippen LogP contribution is -2.43. The topological polar surface area (TPSA) is 54.2 Å². The normalized spacial score (nSPS) is 12.4. The van der Waals surface area contributed by atoms with Crippen molar-refractivity contribution in [1.82, 2.24) is 20.4 Å². The highest BCUT2D eigenvalue weighted by Crippen LogP contribution is 2.18. The Hall–Kier alpha value is -1.22. The highest BCUT2D eigenvalue weighted by atomic mass is 127. The molecule has 7 heteroatoms. The summed E-state index contributed by atoms with van der Waals surface area (Å²) >= 11 is 1.84. The number of nitrogens with zero attached hydrogens (tertiary/aromatic N) is 3. The standard InChI is InChI=1S/C21H33N5S.HI/c1-7-22-21(23-12-13-27-19-10-8-15(2)9-11-19)24-16(3)14-20-17(4)25-26(6)18(20)5;/h8-11,16H,7,12-14H2,1-6H3,(H2,22,23,24);1H. The fourth-order valence-electron chi connectivity index (χ4n) is 2.98. The second-order valence-electron chi connectivity index (χ2n) is 6.94. The largest absolute Gasteiger partial charge is 0.357 e. The Kier molecular flexibility index (Phi) is 11.0. The van der Waals surface area contributed by atoms with Crippen LogP contribution >= 0.6 is 35.7 Å². The first-order valence-corrected chi connectivity index (χ1v) is 10.6. The predicted octanol–water partition coefficient (Wildman–Crippen LogP) is 4.24. The molecular weight excluding hydrogens is 481 g/mol. The van der Waals surface area contributed by atoms with Crippen molar-refractivity contribution >= 4 is 41.7 Å². The van der Waals surface area contributed by atoms with Crippen molar-refractivity contribution in [3.05, 3.63) is 46.8 Å². The van der Waals surface area contributed by atoms with Gasteiger partial charge in [0, 0.05) is 36.0 Å². The number of rotatable bonds is 8. The lowest BCUT2D eigenvalue weighted by molar-refractivity contribution is 0.636. The summed E-state index contributed by atoms with van der Waals surface area (Å²) in [6, 6.07) is 8.94. The monoisotopic (exact) mass is 515 g/mol. The summed E-state index contributed by atoms with van der Waals surface area (Å²) in [4.78, 5) is 6.03. The number of hydrogen-bond acceptors (Lipinski definition) is 3. The number of aliphatic imine (C=N–C) groups is 1. The summed E-state index contributed by atoms with van der Waals surface area (Å²) in [5.74, 6) is 1.85. The molecule has 0 aliphatic carbocycles. The van der Waals surface area contributed by atoms with Crippen LogP contribution < -0.4 is 10.6 Å². The van der Waals surface area contributed by atoms with E-state index >= 15 is 0 Å². The van der Waals surface area contributed by atoms with Gasteiger partial charge in [-0.15, -0.1) is 35.7 Å². The van der Waals surface area contributed by atoms with Crippen molar-refractivity contribution < 1.29 is 0 Å². The molecule has 5 nitrogen and oxygen atoms in total. The van der Waals surface area contributed by atoms with E-state index < -0.39 is 0 Å². The van der Waals surface area contributed by atoms with Gasteiger partial charge in [0.15, 0.2) is 5.96 Å². The molecule has 1 unspecified atom stereocenters. The van der Waals surface area contributed by atoms with E-state index in [-0.39, 0.29) is 30.0 Å². The molecule has 0 aliphatic rings. The lowest BCUT2D eigenvalue weighted by atomic mass is 10.1. The highest BCUT2D eigenvalue weighted by Gasteiger charge is 2.13. The molecular formula is C21H34IN5S. The van der Waals surface area contributed by atoms with Gasteiger partial charge in [0.1, 0.15) is 0 Å². The number of nitrogens with one attached hydrogen (secondary N) is 2. The first-order valence-electron chi connectivity index (χ1n) is 9.64. The number of aromatic nitrogens is 2. The Balaban J connectivity index is 0.00000392. The van der Waals surface area contributed by atoms with Gasteiger partial charge < -0.3 is 10.6 Å². The van der Waals surface area contributed by atoms with Crippen molar-refractivity contribution in [2.24, 2.45) is 12.0 Å². The predicted molar refractivity (Wildman–Crippen MR) is 132 cm³/mol. The molecule has 28 heavy (non-hydrogen) atoms. The number of guanidine groups is 1. The van der Waals surface area contributed by atoms with Gasteiger partial charge in [-0.3, -0.25) is 9.67 Å². The maximum Gasteiger partial charge on any atom is 0.191 e. The van der Waals surface area contributed by atoms with Crippen LogP contribution in [-0.2, 0) is 13.5 Å². The van der Waals surface area contributed by atoms with E-state index in [0.29, 0.717) is 0 Å². The zero-order chi connectivity index (χ0) is 19.8. The second-order valence-corrected chi connectivity index (χ2v) is 8.11. The minimum absolute atomic E-state index is 0. The molecule has 0 fully saturated rings. The Labute approximate surface area is 191 Å². The Morgan fingerprint density at radius 3 is 2.46 bits per heavy atom. The minimum atomic E-state index is 0. The lowest BCUT2D eigenvalue weighted by Gasteiger charge is -2.18. The number of hydrogen-bond donors (Lipinski definition) is 2. The van der Waals surface area contributed by atoms with Crippen LogP contribution in [0.5, 0.6) is 0 Å². The van der Waals surface area contributed by atoms with E-state index in [1.807, 2.05) is 23.5 Å². The van der Waals surface area contributed by atoms with Gasteiger partial charge in [0.2, 0.25) is 0 Å². The number of benzene rings is 1.